The Bertz CT molecular complexity index is 304. The smallest absolute Gasteiger partial charge is 0.423 e. The van der Waals surface area contributed by atoms with E-state index in [2.05, 4.69) is 0 Å². The van der Waals surface area contributed by atoms with E-state index in [4.69, 9.17) is 14.8 Å². The lowest BCUT2D eigenvalue weighted by Gasteiger charge is -2.08. The molecule has 0 aliphatic rings. The summed E-state index contributed by atoms with van der Waals surface area (Å²) in [6.45, 7) is 2.49. The van der Waals surface area contributed by atoms with Crippen molar-refractivity contribution in [1.82, 2.24) is 0 Å². The monoisotopic (exact) mass is 198 g/mol. The van der Waals surface area contributed by atoms with Gasteiger partial charge in [-0.05, 0) is 30.1 Å². The minimum absolute atomic E-state index is 0.182. The van der Waals surface area contributed by atoms with Gasteiger partial charge in [-0.2, -0.15) is 0 Å². The summed E-state index contributed by atoms with van der Waals surface area (Å²) in [5, 5.41) is 17.9. The van der Waals surface area contributed by atoms with E-state index in [0.717, 1.165) is 0 Å². The Balaban J connectivity index is 2.91. The van der Waals surface area contributed by atoms with Gasteiger partial charge in [0, 0.05) is 6.61 Å². The van der Waals surface area contributed by atoms with Crippen LogP contribution in [0.2, 0.25) is 0 Å². The van der Waals surface area contributed by atoms with Gasteiger partial charge < -0.3 is 14.8 Å². The van der Waals surface area contributed by atoms with Crippen molar-refractivity contribution in [2.75, 3.05) is 6.61 Å². The third-order valence-electron chi connectivity index (χ3n) is 1.84. The molecule has 0 radical (unpaired) electrons. The van der Waals surface area contributed by atoms with Crippen molar-refractivity contribution in [2.45, 2.75) is 13.5 Å². The molecule has 76 valence electrons. The number of halogens is 1. The zero-order valence-electron chi connectivity index (χ0n) is 7.90. The number of rotatable bonds is 4. The molecule has 0 aliphatic carbocycles. The normalized spacial score (nSPS) is 10.3. The Kier molecular flexibility index (Phi) is 4.07. The molecule has 0 saturated carbocycles. The SMILES string of the molecule is CCOCc1cc(F)ccc1B(O)O. The van der Waals surface area contributed by atoms with Crippen molar-refractivity contribution in [3.8, 4) is 0 Å². The summed E-state index contributed by atoms with van der Waals surface area (Å²) < 4.78 is 17.9. The minimum Gasteiger partial charge on any atom is -0.423 e. The van der Waals surface area contributed by atoms with Crippen LogP contribution >= 0.6 is 0 Å². The predicted octanol–water partition coefficient (Wildman–Crippen LogP) is 0.0420. The van der Waals surface area contributed by atoms with E-state index in [0.29, 0.717) is 12.2 Å². The Morgan fingerprint density at radius 2 is 2.14 bits per heavy atom. The van der Waals surface area contributed by atoms with Crippen LogP contribution in [0.5, 0.6) is 0 Å². The summed E-state index contributed by atoms with van der Waals surface area (Å²) in [4.78, 5) is 0. The largest absolute Gasteiger partial charge is 0.488 e. The third kappa shape index (κ3) is 2.80. The summed E-state index contributed by atoms with van der Waals surface area (Å²) in [5.74, 6) is -0.413. The van der Waals surface area contributed by atoms with Crippen LogP contribution in [0.3, 0.4) is 0 Å². The molecule has 0 saturated heterocycles. The highest BCUT2D eigenvalue weighted by Gasteiger charge is 2.16. The van der Waals surface area contributed by atoms with Gasteiger partial charge in [-0.1, -0.05) is 6.07 Å². The number of benzene rings is 1. The zero-order valence-corrected chi connectivity index (χ0v) is 7.90. The lowest BCUT2D eigenvalue weighted by Crippen LogP contribution is -2.33. The standard InChI is InChI=1S/C9H12BFO3/c1-2-14-6-7-5-8(11)3-4-9(7)10(12)13/h3-5,12-13H,2,6H2,1H3. The van der Waals surface area contributed by atoms with Crippen molar-refractivity contribution in [1.29, 1.82) is 0 Å². The van der Waals surface area contributed by atoms with Gasteiger partial charge in [0.25, 0.3) is 0 Å². The number of hydrogen-bond acceptors (Lipinski definition) is 3. The predicted molar refractivity (Wildman–Crippen MR) is 51.6 cm³/mol. The first-order chi connectivity index (χ1) is 6.65. The summed E-state index contributed by atoms with van der Waals surface area (Å²) in [7, 11) is -1.59. The molecule has 3 nitrogen and oxygen atoms in total. The van der Waals surface area contributed by atoms with Gasteiger partial charge in [0.05, 0.1) is 6.61 Å². The van der Waals surface area contributed by atoms with Crippen molar-refractivity contribution in [3.63, 3.8) is 0 Å². The Hall–Kier alpha value is -0.905. The van der Waals surface area contributed by atoms with Gasteiger partial charge in [-0.25, -0.2) is 4.39 Å². The second-order valence-corrected chi connectivity index (χ2v) is 2.85. The molecule has 0 heterocycles. The van der Waals surface area contributed by atoms with E-state index in [9.17, 15) is 4.39 Å². The fourth-order valence-corrected chi connectivity index (χ4v) is 1.16. The van der Waals surface area contributed by atoms with E-state index >= 15 is 0 Å². The average Bonchev–Trinajstić information content (AvgIpc) is 2.14. The fraction of sp³-hybridized carbons (Fsp3) is 0.333. The van der Waals surface area contributed by atoms with Crippen LogP contribution in [0.4, 0.5) is 4.39 Å². The lowest BCUT2D eigenvalue weighted by molar-refractivity contribution is 0.134. The second kappa shape index (κ2) is 5.09. The first-order valence-electron chi connectivity index (χ1n) is 4.37. The molecule has 2 N–H and O–H groups in total. The average molecular weight is 198 g/mol. The van der Waals surface area contributed by atoms with Gasteiger partial charge in [0.2, 0.25) is 0 Å². The number of ether oxygens (including phenoxy) is 1. The van der Waals surface area contributed by atoms with Crippen LogP contribution in [0.15, 0.2) is 18.2 Å². The van der Waals surface area contributed by atoms with Crippen LogP contribution in [-0.2, 0) is 11.3 Å². The van der Waals surface area contributed by atoms with Crippen LogP contribution in [0.1, 0.15) is 12.5 Å². The van der Waals surface area contributed by atoms with Gasteiger partial charge in [-0.3, -0.25) is 0 Å². The fourth-order valence-electron chi connectivity index (χ4n) is 1.16. The molecule has 0 aliphatic heterocycles. The molecule has 1 rings (SSSR count). The molecule has 0 spiro atoms. The van der Waals surface area contributed by atoms with Crippen molar-refractivity contribution >= 4 is 12.6 Å². The second-order valence-electron chi connectivity index (χ2n) is 2.85. The molecule has 14 heavy (non-hydrogen) atoms. The topological polar surface area (TPSA) is 49.7 Å². The maximum atomic E-state index is 12.8. The first-order valence-corrected chi connectivity index (χ1v) is 4.37. The summed E-state index contributed by atoms with van der Waals surface area (Å²) >= 11 is 0. The van der Waals surface area contributed by atoms with Crippen molar-refractivity contribution in [2.24, 2.45) is 0 Å². The molecule has 0 atom stereocenters. The zero-order chi connectivity index (χ0) is 10.6. The highest BCUT2D eigenvalue weighted by atomic mass is 19.1. The molecule has 0 aromatic heterocycles. The van der Waals surface area contributed by atoms with Crippen LogP contribution in [0.25, 0.3) is 0 Å². The molecule has 0 unspecified atom stereocenters. The third-order valence-corrected chi connectivity index (χ3v) is 1.84. The van der Waals surface area contributed by atoms with Gasteiger partial charge >= 0.3 is 7.12 Å². The molecule has 0 fully saturated rings. The van der Waals surface area contributed by atoms with E-state index in [1.807, 2.05) is 6.92 Å². The van der Waals surface area contributed by atoms with Gasteiger partial charge in [0.1, 0.15) is 5.82 Å². The minimum atomic E-state index is -1.59. The van der Waals surface area contributed by atoms with E-state index in [-0.39, 0.29) is 12.1 Å². The summed E-state index contributed by atoms with van der Waals surface area (Å²) in [5.41, 5.74) is 0.738. The van der Waals surface area contributed by atoms with Gasteiger partial charge in [-0.15, -0.1) is 0 Å². The van der Waals surface area contributed by atoms with E-state index in [1.54, 1.807) is 0 Å². The Morgan fingerprint density at radius 3 is 2.71 bits per heavy atom. The highest BCUT2D eigenvalue weighted by molar-refractivity contribution is 6.59. The van der Waals surface area contributed by atoms with Crippen molar-refractivity contribution < 1.29 is 19.2 Å². The molecule has 1 aromatic carbocycles. The highest BCUT2D eigenvalue weighted by Crippen LogP contribution is 2.03. The molecule has 1 aromatic rings. The number of hydrogen-bond donors (Lipinski definition) is 2. The molecule has 5 heteroatoms. The van der Waals surface area contributed by atoms with Gasteiger partial charge in [0.15, 0.2) is 0 Å². The molecule has 0 amide bonds. The Labute approximate surface area is 82.3 Å². The van der Waals surface area contributed by atoms with Crippen LogP contribution in [0, 0.1) is 5.82 Å². The maximum absolute atomic E-state index is 12.8. The molecular weight excluding hydrogens is 186 g/mol. The summed E-state index contributed by atoms with van der Waals surface area (Å²) in [6, 6.07) is 3.77. The summed E-state index contributed by atoms with van der Waals surface area (Å²) in [6.07, 6.45) is 0. The van der Waals surface area contributed by atoms with Crippen LogP contribution in [-0.4, -0.2) is 23.8 Å². The van der Waals surface area contributed by atoms with E-state index in [1.165, 1.54) is 18.2 Å². The maximum Gasteiger partial charge on any atom is 0.488 e. The quantitative estimate of drug-likeness (QED) is 0.671. The lowest BCUT2D eigenvalue weighted by atomic mass is 9.77. The van der Waals surface area contributed by atoms with E-state index < -0.39 is 12.9 Å². The van der Waals surface area contributed by atoms with Crippen LogP contribution < -0.4 is 5.46 Å². The first kappa shape index (κ1) is 11.2. The Morgan fingerprint density at radius 1 is 1.43 bits per heavy atom. The molecule has 0 bridgehead atoms. The van der Waals surface area contributed by atoms with Crippen molar-refractivity contribution in [3.05, 3.63) is 29.6 Å². The molecular formula is C9H12BFO3.